The molecule has 6 aromatic rings. The third-order valence-corrected chi connectivity index (χ3v) is 10.0. The van der Waals surface area contributed by atoms with Crippen molar-refractivity contribution in [3.8, 4) is 17.0 Å². The van der Waals surface area contributed by atoms with Crippen LogP contribution in [-0.4, -0.2) is 41.8 Å². The van der Waals surface area contributed by atoms with Gasteiger partial charge in [-0.3, -0.25) is 9.36 Å². The van der Waals surface area contributed by atoms with E-state index in [2.05, 4.69) is 13.0 Å². The van der Waals surface area contributed by atoms with Gasteiger partial charge in [-0.05, 0) is 118 Å². The minimum absolute atomic E-state index is 0.271. The van der Waals surface area contributed by atoms with E-state index in [0.29, 0.717) is 43.3 Å². The predicted molar refractivity (Wildman–Crippen MR) is 187 cm³/mol. The van der Waals surface area contributed by atoms with Gasteiger partial charge in [0.2, 0.25) is 0 Å². The van der Waals surface area contributed by atoms with Crippen molar-refractivity contribution in [1.29, 1.82) is 0 Å². The molecule has 48 heavy (non-hydrogen) atoms. The van der Waals surface area contributed by atoms with Crippen molar-refractivity contribution in [2.75, 3.05) is 6.61 Å². The molecule has 0 aliphatic carbocycles. The molecule has 0 atom stereocenters. The first-order valence-electron chi connectivity index (χ1n) is 16.6. The van der Waals surface area contributed by atoms with Gasteiger partial charge in [-0.2, -0.15) is 10.2 Å². The summed E-state index contributed by atoms with van der Waals surface area (Å²) < 4.78 is 26.6. The maximum atomic E-state index is 14.3. The first kappa shape index (κ1) is 31.9. The minimum atomic E-state index is -0.975. The molecule has 0 saturated heterocycles. The number of nitrogens with zero attached hydrogens (tertiary/aromatic N) is 5. The number of aryl methyl sites for hydroxylation is 8. The van der Waals surface area contributed by atoms with Crippen LogP contribution in [0.5, 0.6) is 5.75 Å². The van der Waals surface area contributed by atoms with Crippen LogP contribution in [-0.2, 0) is 45.8 Å². The van der Waals surface area contributed by atoms with E-state index in [1.807, 2.05) is 59.1 Å². The van der Waals surface area contributed by atoms with Gasteiger partial charge in [-0.25, -0.2) is 9.18 Å². The van der Waals surface area contributed by atoms with Crippen molar-refractivity contribution in [2.24, 2.45) is 7.05 Å². The van der Waals surface area contributed by atoms with Crippen LogP contribution < -0.4 is 4.74 Å². The molecule has 0 radical (unpaired) electrons. The Morgan fingerprint density at radius 3 is 2.60 bits per heavy atom. The average Bonchev–Trinajstić information content (AvgIpc) is 3.67. The van der Waals surface area contributed by atoms with Crippen LogP contribution in [0.25, 0.3) is 32.9 Å². The highest BCUT2D eigenvalue weighted by Crippen LogP contribution is 2.42. The van der Waals surface area contributed by atoms with Crippen LogP contribution in [0.3, 0.4) is 0 Å². The number of hydrogen-bond donors (Lipinski definition) is 1. The predicted octanol–water partition coefficient (Wildman–Crippen LogP) is 8.26. The Hall–Kier alpha value is -4.63. The van der Waals surface area contributed by atoms with Crippen molar-refractivity contribution in [3.05, 3.63) is 98.8 Å². The molecule has 0 spiro atoms. The summed E-state index contributed by atoms with van der Waals surface area (Å²) in [6.07, 6.45) is 4.20. The van der Waals surface area contributed by atoms with Crippen molar-refractivity contribution < 1.29 is 19.0 Å². The number of rotatable bonds is 2. The zero-order valence-corrected chi connectivity index (χ0v) is 28.5. The van der Waals surface area contributed by atoms with Gasteiger partial charge in [0.05, 0.1) is 34.2 Å². The van der Waals surface area contributed by atoms with Crippen LogP contribution in [0.2, 0.25) is 5.02 Å². The molecule has 10 heteroatoms. The number of carboxylic acid groups (broad SMARTS) is 1. The highest BCUT2D eigenvalue weighted by molar-refractivity contribution is 6.35. The Labute approximate surface area is 283 Å². The number of carboxylic acids is 1. The topological polar surface area (TPSA) is 87.1 Å². The van der Waals surface area contributed by atoms with Crippen molar-refractivity contribution >= 4 is 39.2 Å². The van der Waals surface area contributed by atoms with Gasteiger partial charge < -0.3 is 14.4 Å². The second-order valence-corrected chi connectivity index (χ2v) is 13.2. The number of carbonyl (C=O) groups is 1. The summed E-state index contributed by atoms with van der Waals surface area (Å²) in [5.41, 5.74) is 8.70. The van der Waals surface area contributed by atoms with Crippen LogP contribution in [0.4, 0.5) is 4.39 Å². The fraction of sp³-hybridized carbons (Fsp3) is 0.342. The number of halogens is 2. The summed E-state index contributed by atoms with van der Waals surface area (Å²) in [4.78, 5) is 12.9. The van der Waals surface area contributed by atoms with Crippen LogP contribution in [0.15, 0.2) is 48.5 Å². The van der Waals surface area contributed by atoms with E-state index in [-0.39, 0.29) is 11.5 Å². The van der Waals surface area contributed by atoms with Gasteiger partial charge in [-0.1, -0.05) is 23.7 Å². The Bertz CT molecular complexity index is 2210. The van der Waals surface area contributed by atoms with Gasteiger partial charge in [-0.15, -0.1) is 0 Å². The molecule has 3 aromatic heterocycles. The molecular weight excluding hydrogens is 629 g/mol. The second-order valence-electron chi connectivity index (χ2n) is 12.7. The van der Waals surface area contributed by atoms with Crippen molar-refractivity contribution in [3.63, 3.8) is 0 Å². The zero-order chi connectivity index (χ0) is 33.7. The summed E-state index contributed by atoms with van der Waals surface area (Å²) in [6, 6.07) is 14.8. The summed E-state index contributed by atoms with van der Waals surface area (Å²) in [6.45, 7) is 7.50. The Balaban J connectivity index is 1.37. The molecule has 8 bridgehead atoms. The fourth-order valence-electron chi connectivity index (χ4n) is 7.35. The monoisotopic (exact) mass is 667 g/mol. The average molecular weight is 668 g/mol. The lowest BCUT2D eigenvalue weighted by Crippen LogP contribution is -2.11. The summed E-state index contributed by atoms with van der Waals surface area (Å²) in [7, 11) is 1.98. The number of benzene rings is 3. The Kier molecular flexibility index (Phi) is 8.50. The van der Waals surface area contributed by atoms with Crippen LogP contribution in [0, 0.1) is 19.7 Å². The van der Waals surface area contributed by atoms with E-state index < -0.39 is 5.97 Å². The molecular formula is C38H39ClFN5O3. The van der Waals surface area contributed by atoms with Gasteiger partial charge >= 0.3 is 5.97 Å². The highest BCUT2D eigenvalue weighted by Gasteiger charge is 2.27. The van der Waals surface area contributed by atoms with E-state index in [1.54, 1.807) is 12.1 Å². The third kappa shape index (κ3) is 5.64. The molecule has 0 fully saturated rings. The van der Waals surface area contributed by atoms with Crippen molar-refractivity contribution in [2.45, 2.75) is 72.4 Å². The SMILES string of the molecule is CCn1c(C(=O)O)c2c3ccc(Cl)c(c31)-c1c(C)c(C)nn1CCCc1cc(n(C)n1)CCc1cc(c3ccc(F)cc3c1)OCCC2. The summed E-state index contributed by atoms with van der Waals surface area (Å²) in [5, 5.41) is 23.3. The largest absolute Gasteiger partial charge is 0.493 e. The van der Waals surface area contributed by atoms with Crippen molar-refractivity contribution in [1.82, 2.24) is 24.1 Å². The Morgan fingerprint density at radius 1 is 1.00 bits per heavy atom. The number of aromatic carboxylic acids is 1. The van der Waals surface area contributed by atoms with Gasteiger partial charge in [0.25, 0.3) is 0 Å². The molecule has 0 saturated carbocycles. The number of aromatic nitrogens is 5. The van der Waals surface area contributed by atoms with E-state index >= 15 is 0 Å². The number of ether oxygens (including phenoxy) is 1. The lowest BCUT2D eigenvalue weighted by Gasteiger charge is -2.14. The smallest absolute Gasteiger partial charge is 0.352 e. The summed E-state index contributed by atoms with van der Waals surface area (Å²) >= 11 is 7.03. The Morgan fingerprint density at radius 2 is 1.81 bits per heavy atom. The van der Waals surface area contributed by atoms with Crippen LogP contribution >= 0.6 is 11.6 Å². The molecule has 7 rings (SSSR count). The maximum absolute atomic E-state index is 14.3. The fourth-order valence-corrected chi connectivity index (χ4v) is 7.59. The molecule has 248 valence electrons. The molecule has 1 aliphatic rings. The normalized spacial score (nSPS) is 14.2. The van der Waals surface area contributed by atoms with E-state index in [4.69, 9.17) is 26.5 Å². The van der Waals surface area contributed by atoms with Gasteiger partial charge in [0, 0.05) is 42.2 Å². The zero-order valence-electron chi connectivity index (χ0n) is 27.7. The molecule has 1 aliphatic heterocycles. The standard InChI is InChI=1S/C38H39ClFN5O3/c1-5-44-36-31-14-15-32(39)34(36)35-22(2)23(3)41-45(35)16-6-8-27-21-28(43(4)42-27)12-10-24-18-25-20-26(40)11-13-29(25)33(19-24)48-17-7-9-30(31)37(44)38(46)47/h11,13-15,18-21H,5-10,12,16-17H2,1-4H3,(H,46,47). The van der Waals surface area contributed by atoms with Gasteiger partial charge in [0.1, 0.15) is 17.3 Å². The molecule has 4 heterocycles. The second kappa shape index (κ2) is 12.8. The molecule has 8 nitrogen and oxygen atoms in total. The lowest BCUT2D eigenvalue weighted by atomic mass is 10.00. The molecule has 0 amide bonds. The molecule has 3 aromatic carbocycles. The number of hydrogen-bond acceptors (Lipinski definition) is 4. The highest BCUT2D eigenvalue weighted by atomic mass is 35.5. The first-order valence-corrected chi connectivity index (χ1v) is 17.0. The molecule has 1 N–H and O–H groups in total. The first-order chi connectivity index (χ1) is 23.1. The maximum Gasteiger partial charge on any atom is 0.352 e. The third-order valence-electron chi connectivity index (χ3n) is 9.73. The van der Waals surface area contributed by atoms with E-state index in [1.165, 1.54) is 6.07 Å². The van der Waals surface area contributed by atoms with Crippen LogP contribution in [0.1, 0.15) is 64.0 Å². The quantitative estimate of drug-likeness (QED) is 0.201. The number of fused-ring (bicyclic) bond motifs is 8. The van der Waals surface area contributed by atoms with E-state index in [0.717, 1.165) is 92.4 Å². The minimum Gasteiger partial charge on any atom is -0.493 e. The van der Waals surface area contributed by atoms with Gasteiger partial charge in [0.15, 0.2) is 0 Å². The summed E-state index contributed by atoms with van der Waals surface area (Å²) in [5.74, 6) is -0.571. The lowest BCUT2D eigenvalue weighted by molar-refractivity contribution is 0.0684. The molecule has 0 unspecified atom stereocenters. The van der Waals surface area contributed by atoms with E-state index in [9.17, 15) is 14.3 Å².